The molecule has 0 saturated heterocycles. The van der Waals surface area contributed by atoms with E-state index in [1.165, 1.54) is 6.42 Å². The van der Waals surface area contributed by atoms with E-state index in [0.717, 1.165) is 31.4 Å². The van der Waals surface area contributed by atoms with E-state index in [9.17, 15) is 9.90 Å². The second kappa shape index (κ2) is 6.89. The zero-order valence-electron chi connectivity index (χ0n) is 12.3. The number of aliphatic hydroxyl groups excluding tert-OH is 1. The molecule has 3 heteroatoms. The summed E-state index contributed by atoms with van der Waals surface area (Å²) in [6, 6.07) is 7.07. The Morgan fingerprint density at radius 2 is 1.75 bits per heavy atom. The summed E-state index contributed by atoms with van der Waals surface area (Å²) in [5, 5.41) is 10.2. The van der Waals surface area contributed by atoms with Gasteiger partial charge in [-0.15, -0.1) is 0 Å². The van der Waals surface area contributed by atoms with E-state index in [1.54, 1.807) is 24.3 Å². The first-order valence-electron chi connectivity index (χ1n) is 7.57. The van der Waals surface area contributed by atoms with E-state index in [2.05, 4.69) is 0 Å². The van der Waals surface area contributed by atoms with Crippen LogP contribution in [0.1, 0.15) is 56.3 Å². The summed E-state index contributed by atoms with van der Waals surface area (Å²) in [6.45, 7) is 3.93. The van der Waals surface area contributed by atoms with Crippen molar-refractivity contribution < 1.29 is 14.6 Å². The summed E-state index contributed by atoms with van der Waals surface area (Å²) in [5.74, 6) is 0.722. The number of aliphatic hydroxyl groups is 1. The summed E-state index contributed by atoms with van der Waals surface area (Å²) < 4.78 is 5.55. The van der Waals surface area contributed by atoms with Crippen molar-refractivity contribution in [2.24, 2.45) is 5.92 Å². The van der Waals surface area contributed by atoms with Crippen molar-refractivity contribution in [1.29, 1.82) is 0 Å². The molecule has 0 radical (unpaired) electrons. The van der Waals surface area contributed by atoms with Gasteiger partial charge in [-0.2, -0.15) is 0 Å². The van der Waals surface area contributed by atoms with E-state index in [1.807, 2.05) is 13.8 Å². The molecule has 0 amide bonds. The molecule has 1 unspecified atom stereocenters. The summed E-state index contributed by atoms with van der Waals surface area (Å²) in [6.07, 6.45) is 4.64. The van der Waals surface area contributed by atoms with Gasteiger partial charge < -0.3 is 9.84 Å². The molecule has 0 heterocycles. The first-order valence-corrected chi connectivity index (χ1v) is 7.57. The molecular weight excluding hydrogens is 252 g/mol. The molecule has 0 aliphatic heterocycles. The number of ether oxygens (including phenoxy) is 1. The molecule has 1 saturated carbocycles. The number of benzene rings is 1. The molecule has 0 spiro atoms. The molecule has 0 bridgehead atoms. The lowest BCUT2D eigenvalue weighted by atomic mass is 9.82. The zero-order valence-corrected chi connectivity index (χ0v) is 12.3. The van der Waals surface area contributed by atoms with Crippen LogP contribution in [0.15, 0.2) is 24.3 Å². The number of hydrogen-bond acceptors (Lipinski definition) is 3. The van der Waals surface area contributed by atoms with Crippen LogP contribution < -0.4 is 4.74 Å². The van der Waals surface area contributed by atoms with Crippen LogP contribution in [0.3, 0.4) is 0 Å². The molecule has 3 nitrogen and oxygen atoms in total. The maximum absolute atomic E-state index is 12.3. The van der Waals surface area contributed by atoms with Gasteiger partial charge in [0, 0.05) is 5.56 Å². The normalized spacial score (nSPS) is 18.0. The highest BCUT2D eigenvalue weighted by molar-refractivity contribution is 5.99. The van der Waals surface area contributed by atoms with E-state index >= 15 is 0 Å². The zero-order chi connectivity index (χ0) is 14.5. The molecule has 110 valence electrons. The van der Waals surface area contributed by atoms with Gasteiger partial charge in [0.15, 0.2) is 5.78 Å². The molecule has 1 fully saturated rings. The van der Waals surface area contributed by atoms with E-state index < -0.39 is 6.10 Å². The first kappa shape index (κ1) is 15.0. The van der Waals surface area contributed by atoms with Crippen LogP contribution in [0.5, 0.6) is 5.75 Å². The Morgan fingerprint density at radius 3 is 2.30 bits per heavy atom. The van der Waals surface area contributed by atoms with Gasteiger partial charge in [0.2, 0.25) is 0 Å². The molecule has 1 aliphatic rings. The summed E-state index contributed by atoms with van der Waals surface area (Å²) in [5.41, 5.74) is 0.569. The van der Waals surface area contributed by atoms with Crippen molar-refractivity contribution in [2.75, 3.05) is 0 Å². The van der Waals surface area contributed by atoms with E-state index in [-0.39, 0.29) is 17.8 Å². The minimum absolute atomic E-state index is 0.115. The van der Waals surface area contributed by atoms with Crippen LogP contribution in [-0.2, 0) is 0 Å². The molecule has 2 rings (SSSR count). The predicted octanol–water partition coefficient (Wildman–Crippen LogP) is 3.60. The molecule has 1 aromatic rings. The second-order valence-electron chi connectivity index (χ2n) is 5.90. The maximum atomic E-state index is 12.3. The average Bonchev–Trinajstić information content (AvgIpc) is 2.47. The fourth-order valence-corrected chi connectivity index (χ4v) is 2.80. The Bertz CT molecular complexity index is 430. The van der Waals surface area contributed by atoms with Crippen LogP contribution in [0, 0.1) is 5.92 Å². The molecule has 1 aliphatic carbocycles. The van der Waals surface area contributed by atoms with E-state index in [4.69, 9.17) is 4.74 Å². The Balaban J connectivity index is 2.00. The lowest BCUT2D eigenvalue weighted by molar-refractivity contribution is 0.0534. The van der Waals surface area contributed by atoms with Gasteiger partial charge in [-0.1, -0.05) is 19.3 Å². The summed E-state index contributed by atoms with van der Waals surface area (Å²) in [4.78, 5) is 12.3. The lowest BCUT2D eigenvalue weighted by Crippen LogP contribution is -2.31. The Kier molecular flexibility index (Phi) is 5.18. The Labute approximate surface area is 121 Å². The van der Waals surface area contributed by atoms with Gasteiger partial charge in [-0.25, -0.2) is 0 Å². The monoisotopic (exact) mass is 276 g/mol. The highest BCUT2D eigenvalue weighted by Crippen LogP contribution is 2.28. The van der Waals surface area contributed by atoms with Crippen LogP contribution in [-0.4, -0.2) is 23.1 Å². The van der Waals surface area contributed by atoms with Gasteiger partial charge in [-0.05, 0) is 56.9 Å². The van der Waals surface area contributed by atoms with Crippen molar-refractivity contribution in [2.45, 2.75) is 58.2 Å². The minimum atomic E-state index is -0.854. The van der Waals surface area contributed by atoms with Crippen LogP contribution in [0.4, 0.5) is 0 Å². The van der Waals surface area contributed by atoms with Crippen molar-refractivity contribution in [3.8, 4) is 5.75 Å². The SMILES string of the molecule is CC(C)Oc1ccc(C(=O)C(O)C2CCCCC2)cc1. The van der Waals surface area contributed by atoms with Gasteiger partial charge in [0.25, 0.3) is 0 Å². The summed E-state index contributed by atoms with van der Waals surface area (Å²) in [7, 11) is 0. The number of carbonyl (C=O) groups is 1. The van der Waals surface area contributed by atoms with Gasteiger partial charge in [0.05, 0.1) is 6.10 Å². The maximum Gasteiger partial charge on any atom is 0.191 e. The Morgan fingerprint density at radius 1 is 1.15 bits per heavy atom. The predicted molar refractivity (Wildman–Crippen MR) is 79.1 cm³/mol. The molecule has 1 aromatic carbocycles. The lowest BCUT2D eigenvalue weighted by Gasteiger charge is -2.25. The number of Topliss-reactive ketones (excluding diaryl/α,β-unsaturated/α-hetero) is 1. The summed E-state index contributed by atoms with van der Waals surface area (Å²) >= 11 is 0. The quantitative estimate of drug-likeness (QED) is 0.836. The molecular formula is C17H24O3. The number of ketones is 1. The third kappa shape index (κ3) is 3.83. The van der Waals surface area contributed by atoms with Crippen molar-refractivity contribution in [1.82, 2.24) is 0 Å². The van der Waals surface area contributed by atoms with Crippen molar-refractivity contribution >= 4 is 5.78 Å². The third-order valence-electron chi connectivity index (χ3n) is 3.88. The molecule has 0 aromatic heterocycles. The van der Waals surface area contributed by atoms with Crippen LogP contribution >= 0.6 is 0 Å². The van der Waals surface area contributed by atoms with Crippen LogP contribution in [0.2, 0.25) is 0 Å². The highest BCUT2D eigenvalue weighted by atomic mass is 16.5. The smallest absolute Gasteiger partial charge is 0.191 e. The number of hydrogen-bond donors (Lipinski definition) is 1. The largest absolute Gasteiger partial charge is 0.491 e. The fourth-order valence-electron chi connectivity index (χ4n) is 2.80. The average molecular weight is 276 g/mol. The first-order chi connectivity index (χ1) is 9.58. The Hall–Kier alpha value is -1.35. The third-order valence-corrected chi connectivity index (χ3v) is 3.88. The van der Waals surface area contributed by atoms with Gasteiger partial charge >= 0.3 is 0 Å². The van der Waals surface area contributed by atoms with Gasteiger partial charge in [0.1, 0.15) is 11.9 Å². The van der Waals surface area contributed by atoms with Crippen molar-refractivity contribution in [3.05, 3.63) is 29.8 Å². The van der Waals surface area contributed by atoms with E-state index in [0.29, 0.717) is 5.56 Å². The standard InChI is InChI=1S/C17H24O3/c1-12(2)20-15-10-8-14(9-11-15)17(19)16(18)13-6-4-3-5-7-13/h8-13,16,18H,3-7H2,1-2H3. The van der Waals surface area contributed by atoms with Crippen LogP contribution in [0.25, 0.3) is 0 Å². The number of rotatable bonds is 5. The topological polar surface area (TPSA) is 46.5 Å². The highest BCUT2D eigenvalue weighted by Gasteiger charge is 2.28. The fraction of sp³-hybridized carbons (Fsp3) is 0.588. The minimum Gasteiger partial charge on any atom is -0.491 e. The molecule has 20 heavy (non-hydrogen) atoms. The second-order valence-corrected chi connectivity index (χ2v) is 5.90. The van der Waals surface area contributed by atoms with Gasteiger partial charge in [-0.3, -0.25) is 4.79 Å². The molecule has 1 atom stereocenters. The molecule has 1 N–H and O–H groups in total. The number of carbonyl (C=O) groups excluding carboxylic acids is 1. The van der Waals surface area contributed by atoms with Crippen molar-refractivity contribution in [3.63, 3.8) is 0 Å².